The summed E-state index contributed by atoms with van der Waals surface area (Å²) >= 11 is 1.31. The third-order valence-corrected chi connectivity index (χ3v) is 5.60. The Hall–Kier alpha value is -3.72. The Morgan fingerprint density at radius 2 is 1.61 bits per heavy atom. The molecule has 0 spiro atoms. The Morgan fingerprint density at radius 3 is 2.21 bits per heavy atom. The fourth-order valence-electron chi connectivity index (χ4n) is 3.35. The summed E-state index contributed by atoms with van der Waals surface area (Å²) in [4.78, 5) is 20.8. The summed E-state index contributed by atoms with van der Waals surface area (Å²) in [6.45, 7) is 3.80. The lowest BCUT2D eigenvalue weighted by molar-refractivity contribution is -0.137. The van der Waals surface area contributed by atoms with Crippen molar-refractivity contribution in [1.29, 1.82) is 0 Å². The van der Waals surface area contributed by atoms with E-state index in [1.165, 1.54) is 23.5 Å². The SMILES string of the molecule is Cc1cc(Oc2ccc(C(F)(F)F)cc2)cc(C)c1-c1csc(NC(=O)c2ccncc2)n1. The van der Waals surface area contributed by atoms with Gasteiger partial charge in [0, 0.05) is 28.9 Å². The molecular formula is C24H18F3N3O2S. The molecule has 0 bridgehead atoms. The van der Waals surface area contributed by atoms with Gasteiger partial charge in [0.15, 0.2) is 5.13 Å². The first-order chi connectivity index (χ1) is 15.7. The molecule has 1 N–H and O–H groups in total. The molecule has 2 aromatic carbocycles. The standard InChI is InChI=1S/C24H18F3N3O2S/c1-14-11-19(32-18-5-3-17(4-6-18)24(25,26)27)12-15(2)21(14)20-13-33-23(29-20)30-22(31)16-7-9-28-10-8-16/h3-13H,1-2H3,(H,29,30,31). The molecule has 168 valence electrons. The zero-order chi connectivity index (χ0) is 23.6. The molecule has 4 rings (SSSR count). The highest BCUT2D eigenvalue weighted by atomic mass is 32.1. The van der Waals surface area contributed by atoms with Crippen LogP contribution in [0.25, 0.3) is 11.3 Å². The van der Waals surface area contributed by atoms with Gasteiger partial charge in [-0.3, -0.25) is 15.1 Å². The van der Waals surface area contributed by atoms with Crippen molar-refractivity contribution in [2.75, 3.05) is 5.32 Å². The second kappa shape index (κ2) is 9.03. The summed E-state index contributed by atoms with van der Waals surface area (Å²) in [7, 11) is 0. The maximum atomic E-state index is 12.7. The molecule has 2 aromatic heterocycles. The van der Waals surface area contributed by atoms with Gasteiger partial charge < -0.3 is 4.74 Å². The van der Waals surface area contributed by atoms with Crippen LogP contribution in [-0.4, -0.2) is 15.9 Å². The smallest absolute Gasteiger partial charge is 0.416 e. The van der Waals surface area contributed by atoms with Gasteiger partial charge in [0.05, 0.1) is 11.3 Å². The monoisotopic (exact) mass is 469 g/mol. The van der Waals surface area contributed by atoms with Crippen molar-refractivity contribution in [2.24, 2.45) is 0 Å². The van der Waals surface area contributed by atoms with E-state index in [2.05, 4.69) is 15.3 Å². The summed E-state index contributed by atoms with van der Waals surface area (Å²) in [6.07, 6.45) is -1.30. The van der Waals surface area contributed by atoms with Gasteiger partial charge in [-0.25, -0.2) is 4.98 Å². The zero-order valence-electron chi connectivity index (χ0n) is 17.6. The number of thiazole rings is 1. The highest BCUT2D eigenvalue weighted by Gasteiger charge is 2.30. The number of amides is 1. The molecular weight excluding hydrogens is 451 g/mol. The number of halogens is 3. The Kier molecular flexibility index (Phi) is 6.15. The van der Waals surface area contributed by atoms with Gasteiger partial charge in [-0.05, 0) is 73.5 Å². The van der Waals surface area contributed by atoms with Crippen LogP contribution in [-0.2, 0) is 6.18 Å². The van der Waals surface area contributed by atoms with Crippen LogP contribution < -0.4 is 10.1 Å². The average molecular weight is 469 g/mol. The minimum Gasteiger partial charge on any atom is -0.457 e. The van der Waals surface area contributed by atoms with Gasteiger partial charge in [0.25, 0.3) is 5.91 Å². The van der Waals surface area contributed by atoms with E-state index < -0.39 is 11.7 Å². The first kappa shape index (κ1) is 22.5. The topological polar surface area (TPSA) is 64.1 Å². The number of carbonyl (C=O) groups is 1. The fourth-order valence-corrected chi connectivity index (χ4v) is 4.05. The van der Waals surface area contributed by atoms with Crippen molar-refractivity contribution in [1.82, 2.24) is 9.97 Å². The number of rotatable bonds is 5. The van der Waals surface area contributed by atoms with Crippen LogP contribution in [0.15, 0.2) is 66.3 Å². The summed E-state index contributed by atoms with van der Waals surface area (Å²) in [5.74, 6) is 0.548. The zero-order valence-corrected chi connectivity index (χ0v) is 18.4. The molecule has 2 heterocycles. The predicted molar refractivity (Wildman–Crippen MR) is 121 cm³/mol. The van der Waals surface area contributed by atoms with E-state index >= 15 is 0 Å². The lowest BCUT2D eigenvalue weighted by Crippen LogP contribution is -2.11. The van der Waals surface area contributed by atoms with E-state index in [0.717, 1.165) is 28.8 Å². The van der Waals surface area contributed by atoms with Gasteiger partial charge >= 0.3 is 6.18 Å². The van der Waals surface area contributed by atoms with Gasteiger partial charge in [-0.15, -0.1) is 11.3 Å². The number of hydrogen-bond acceptors (Lipinski definition) is 5. The van der Waals surface area contributed by atoms with Gasteiger partial charge in [0.2, 0.25) is 0 Å². The Labute approximate surface area is 191 Å². The van der Waals surface area contributed by atoms with Crippen LogP contribution in [0, 0.1) is 13.8 Å². The largest absolute Gasteiger partial charge is 0.457 e. The molecule has 9 heteroatoms. The predicted octanol–water partition coefficient (Wildman–Crippen LogP) is 6.89. The van der Waals surface area contributed by atoms with Crippen molar-refractivity contribution in [2.45, 2.75) is 20.0 Å². The van der Waals surface area contributed by atoms with Crippen molar-refractivity contribution in [3.8, 4) is 22.8 Å². The molecule has 0 fully saturated rings. The number of nitrogens with zero attached hydrogens (tertiary/aromatic N) is 2. The molecule has 0 aliphatic rings. The number of aryl methyl sites for hydroxylation is 2. The molecule has 0 aliphatic carbocycles. The van der Waals surface area contributed by atoms with Crippen molar-refractivity contribution in [3.63, 3.8) is 0 Å². The Morgan fingerprint density at radius 1 is 0.970 bits per heavy atom. The summed E-state index contributed by atoms with van der Waals surface area (Å²) < 4.78 is 44.0. The maximum Gasteiger partial charge on any atom is 0.416 e. The first-order valence-electron chi connectivity index (χ1n) is 9.84. The molecule has 0 saturated carbocycles. The lowest BCUT2D eigenvalue weighted by Gasteiger charge is -2.13. The molecule has 5 nitrogen and oxygen atoms in total. The van der Waals surface area contributed by atoms with Gasteiger partial charge in [-0.2, -0.15) is 13.2 Å². The number of benzene rings is 2. The van der Waals surface area contributed by atoms with Crippen LogP contribution in [0.4, 0.5) is 18.3 Å². The Balaban J connectivity index is 1.51. The van der Waals surface area contributed by atoms with E-state index in [-0.39, 0.29) is 5.91 Å². The van der Waals surface area contributed by atoms with Crippen LogP contribution in [0.5, 0.6) is 11.5 Å². The molecule has 0 aliphatic heterocycles. The summed E-state index contributed by atoms with van der Waals surface area (Å²) in [6, 6.07) is 11.4. The number of carbonyl (C=O) groups excluding carboxylic acids is 1. The van der Waals surface area contributed by atoms with E-state index in [4.69, 9.17) is 4.74 Å². The molecule has 33 heavy (non-hydrogen) atoms. The number of ether oxygens (including phenoxy) is 1. The van der Waals surface area contributed by atoms with Crippen molar-refractivity contribution < 1.29 is 22.7 Å². The molecule has 0 radical (unpaired) electrons. The number of hydrogen-bond donors (Lipinski definition) is 1. The summed E-state index contributed by atoms with van der Waals surface area (Å²) in [5.41, 5.74) is 3.13. The third kappa shape index (κ3) is 5.20. The van der Waals surface area contributed by atoms with E-state index in [1.807, 2.05) is 19.2 Å². The number of pyridine rings is 1. The quantitative estimate of drug-likeness (QED) is 0.346. The van der Waals surface area contributed by atoms with E-state index in [9.17, 15) is 18.0 Å². The van der Waals surface area contributed by atoms with Gasteiger partial charge in [0.1, 0.15) is 11.5 Å². The maximum absolute atomic E-state index is 12.7. The van der Waals surface area contributed by atoms with Crippen LogP contribution >= 0.6 is 11.3 Å². The highest BCUT2D eigenvalue weighted by molar-refractivity contribution is 7.14. The lowest BCUT2D eigenvalue weighted by atomic mass is 10.0. The van der Waals surface area contributed by atoms with Crippen LogP contribution in [0.3, 0.4) is 0 Å². The Bertz CT molecular complexity index is 1260. The molecule has 0 saturated heterocycles. The third-order valence-electron chi connectivity index (χ3n) is 4.85. The van der Waals surface area contributed by atoms with Crippen LogP contribution in [0.1, 0.15) is 27.0 Å². The van der Waals surface area contributed by atoms with E-state index in [1.54, 1.807) is 36.7 Å². The number of alkyl halides is 3. The molecule has 1 amide bonds. The minimum absolute atomic E-state index is 0.271. The second-order valence-corrected chi connectivity index (χ2v) is 8.14. The normalized spacial score (nSPS) is 11.3. The van der Waals surface area contributed by atoms with Crippen LogP contribution in [0.2, 0.25) is 0 Å². The number of aromatic nitrogens is 2. The van der Waals surface area contributed by atoms with Gasteiger partial charge in [-0.1, -0.05) is 0 Å². The first-order valence-corrected chi connectivity index (χ1v) is 10.7. The molecule has 4 aromatic rings. The average Bonchev–Trinajstić information content (AvgIpc) is 3.21. The molecule has 0 atom stereocenters. The second-order valence-electron chi connectivity index (χ2n) is 7.28. The highest BCUT2D eigenvalue weighted by Crippen LogP contribution is 2.35. The van der Waals surface area contributed by atoms with Crippen molar-refractivity contribution in [3.05, 3.63) is 88.6 Å². The minimum atomic E-state index is -4.39. The summed E-state index contributed by atoms with van der Waals surface area (Å²) in [5, 5.41) is 5.11. The number of anilines is 1. The molecule has 0 unspecified atom stereocenters. The van der Waals surface area contributed by atoms with Crippen molar-refractivity contribution >= 4 is 22.4 Å². The van der Waals surface area contributed by atoms with E-state index in [0.29, 0.717) is 27.9 Å². The fraction of sp³-hybridized carbons (Fsp3) is 0.125. The number of nitrogens with one attached hydrogen (secondary N) is 1.